The highest BCUT2D eigenvalue weighted by Crippen LogP contribution is 2.04. The average Bonchev–Trinajstić information content (AvgIpc) is 1.63. The van der Waals surface area contributed by atoms with Crippen LogP contribution in [0, 0.1) is 0 Å². The smallest absolute Gasteiger partial charge is 0.209 e. The van der Waals surface area contributed by atoms with Crippen molar-refractivity contribution in [3.63, 3.8) is 0 Å². The van der Waals surface area contributed by atoms with Gasteiger partial charge >= 0.3 is 0 Å². The summed E-state index contributed by atoms with van der Waals surface area (Å²) >= 11 is 7.86. The summed E-state index contributed by atoms with van der Waals surface area (Å²) in [6, 6.07) is 0. The number of hydrogen-bond acceptors (Lipinski definition) is 2. The van der Waals surface area contributed by atoms with Gasteiger partial charge in [-0.2, -0.15) is 0 Å². The number of rotatable bonds is 4. The van der Waals surface area contributed by atoms with E-state index in [4.69, 9.17) is 11.6 Å². The second-order valence-corrected chi connectivity index (χ2v) is 6.46. The molecule has 0 aromatic heterocycles. The fourth-order valence-corrected chi connectivity index (χ4v) is 1.79. The maximum Gasteiger partial charge on any atom is 0.209 e. The summed E-state index contributed by atoms with van der Waals surface area (Å²) in [5, 5.41) is 0. The summed E-state index contributed by atoms with van der Waals surface area (Å²) in [5.74, 6) is 0.711. The molecule has 2 nitrogen and oxygen atoms in total. The highest BCUT2D eigenvalue weighted by Gasteiger charge is 2.01. The van der Waals surface area contributed by atoms with E-state index in [1.165, 1.54) is 0 Å². The van der Waals surface area contributed by atoms with Crippen molar-refractivity contribution in [1.82, 2.24) is 0 Å². The Morgan fingerprint density at radius 1 is 1.33 bits per heavy atom. The maximum absolute atomic E-state index is 10.4. The quantitative estimate of drug-likeness (QED) is 0.422. The molecule has 56 valence electrons. The molecule has 0 aromatic rings. The highest BCUT2D eigenvalue weighted by atomic mass is 79.9. The Hall–Kier alpha value is 0.720. The molecule has 0 radical (unpaired) electrons. The van der Waals surface area contributed by atoms with Gasteiger partial charge in [0.15, 0.2) is 0 Å². The number of hydrogen-bond donors (Lipinski definition) is 0. The van der Waals surface area contributed by atoms with Gasteiger partial charge in [0.05, 0.1) is 20.6 Å². The molecule has 0 amide bonds. The van der Waals surface area contributed by atoms with Gasteiger partial charge in [-0.1, -0.05) is 0 Å². The molecule has 0 aromatic carbocycles. The van der Waals surface area contributed by atoms with Crippen LogP contribution in [0.2, 0.25) is 0 Å². The van der Waals surface area contributed by atoms with Crippen LogP contribution < -0.4 is 0 Å². The van der Waals surface area contributed by atoms with Crippen LogP contribution >= 0.6 is 26.4 Å². The topological polar surface area (TPSA) is 34.1 Å². The lowest BCUT2D eigenvalue weighted by Crippen LogP contribution is -1.95. The predicted molar refractivity (Wildman–Crippen MR) is 42.7 cm³/mol. The molecule has 0 aliphatic rings. The van der Waals surface area contributed by atoms with Crippen LogP contribution in [-0.2, 0) is 8.27 Å². The third-order valence-electron chi connectivity index (χ3n) is 0.772. The molecule has 9 heavy (non-hydrogen) atoms. The summed E-state index contributed by atoms with van der Waals surface area (Å²) in [5.41, 5.74) is 0. The van der Waals surface area contributed by atoms with E-state index in [0.717, 1.165) is 6.42 Å². The molecule has 0 aliphatic carbocycles. The van der Waals surface area contributed by atoms with E-state index in [1.807, 2.05) is 0 Å². The molecule has 0 atom stereocenters. The standard InChI is InChI=1S/C4H8BrClO2S/c5-9(7,8)4-2-1-3-6/h1-4H2. The molecule has 5 heteroatoms. The molecule has 0 N–H and O–H groups in total. The van der Waals surface area contributed by atoms with Crippen molar-refractivity contribution in [2.24, 2.45) is 0 Å². The number of alkyl halides is 1. The van der Waals surface area contributed by atoms with Gasteiger partial charge in [0, 0.05) is 5.88 Å². The molecule has 0 spiro atoms. The minimum absolute atomic E-state index is 0.180. The van der Waals surface area contributed by atoms with E-state index in [1.54, 1.807) is 0 Å². The van der Waals surface area contributed by atoms with Crippen molar-refractivity contribution in [2.45, 2.75) is 12.8 Å². The van der Waals surface area contributed by atoms with Crippen LogP contribution in [0.1, 0.15) is 12.8 Å². The Kier molecular flexibility index (Phi) is 4.88. The van der Waals surface area contributed by atoms with Crippen LogP contribution in [0.5, 0.6) is 0 Å². The molecule has 0 heterocycles. The normalized spacial score (nSPS) is 11.8. The fraction of sp³-hybridized carbons (Fsp3) is 1.00. The van der Waals surface area contributed by atoms with E-state index in [0.29, 0.717) is 12.3 Å². The molecule has 0 unspecified atom stereocenters. The van der Waals surface area contributed by atoms with Gasteiger partial charge in [-0.25, -0.2) is 8.42 Å². The van der Waals surface area contributed by atoms with E-state index in [2.05, 4.69) is 14.8 Å². The van der Waals surface area contributed by atoms with Crippen LogP contribution in [0.3, 0.4) is 0 Å². The van der Waals surface area contributed by atoms with E-state index in [9.17, 15) is 8.42 Å². The molecule has 0 rings (SSSR count). The Balaban J connectivity index is 3.30. The SMILES string of the molecule is O=S(=O)(Br)CCCCCl. The Labute approximate surface area is 67.7 Å². The van der Waals surface area contributed by atoms with Gasteiger partial charge < -0.3 is 0 Å². The molecule has 0 fully saturated rings. The maximum atomic E-state index is 10.4. The molecule has 0 aliphatic heterocycles. The van der Waals surface area contributed by atoms with Gasteiger partial charge in [0.1, 0.15) is 0 Å². The molecule has 0 saturated carbocycles. The first-order chi connectivity index (χ1) is 4.06. The van der Waals surface area contributed by atoms with Crippen molar-refractivity contribution >= 4 is 34.7 Å². The zero-order chi connectivity index (χ0) is 7.33. The molecular weight excluding hydrogens is 227 g/mol. The lowest BCUT2D eigenvalue weighted by molar-refractivity contribution is 0.608. The van der Waals surface area contributed by atoms with Gasteiger partial charge in [-0.3, -0.25) is 0 Å². The van der Waals surface area contributed by atoms with Crippen molar-refractivity contribution in [3.05, 3.63) is 0 Å². The van der Waals surface area contributed by atoms with Crippen LogP contribution in [0.25, 0.3) is 0 Å². The summed E-state index contributed by atoms with van der Waals surface area (Å²) in [6.45, 7) is 0. The Bertz CT molecular complexity index is 154. The third-order valence-corrected chi connectivity index (χ3v) is 2.79. The van der Waals surface area contributed by atoms with E-state index >= 15 is 0 Å². The van der Waals surface area contributed by atoms with Crippen LogP contribution in [0.15, 0.2) is 0 Å². The minimum atomic E-state index is -2.94. The van der Waals surface area contributed by atoms with Crippen molar-refractivity contribution in [1.29, 1.82) is 0 Å². The monoisotopic (exact) mass is 234 g/mol. The second-order valence-electron chi connectivity index (χ2n) is 1.64. The summed E-state index contributed by atoms with van der Waals surface area (Å²) in [7, 11) is -2.94. The van der Waals surface area contributed by atoms with Crippen LogP contribution in [-0.4, -0.2) is 20.1 Å². The number of halogens is 2. The van der Waals surface area contributed by atoms with Crippen LogP contribution in [0.4, 0.5) is 0 Å². The number of unbranched alkanes of at least 4 members (excludes halogenated alkanes) is 1. The van der Waals surface area contributed by atoms with Gasteiger partial charge in [0.2, 0.25) is 8.27 Å². The fourth-order valence-electron chi connectivity index (χ4n) is 0.369. The second kappa shape index (κ2) is 4.52. The van der Waals surface area contributed by atoms with Gasteiger partial charge in [-0.15, -0.1) is 11.6 Å². The molecule has 0 bridgehead atoms. The van der Waals surface area contributed by atoms with Crippen molar-refractivity contribution < 1.29 is 8.42 Å². The van der Waals surface area contributed by atoms with E-state index in [-0.39, 0.29) is 5.75 Å². The predicted octanol–water partition coefficient (Wildman–Crippen LogP) is 1.73. The summed E-state index contributed by atoms with van der Waals surface area (Å²) in [6.07, 6.45) is 1.39. The highest BCUT2D eigenvalue weighted by molar-refractivity contribution is 9.47. The minimum Gasteiger partial charge on any atom is -0.217 e. The first-order valence-electron chi connectivity index (χ1n) is 2.54. The summed E-state index contributed by atoms with van der Waals surface area (Å²) < 4.78 is 20.8. The first kappa shape index (κ1) is 9.72. The lowest BCUT2D eigenvalue weighted by atomic mass is 10.4. The average molecular weight is 236 g/mol. The van der Waals surface area contributed by atoms with Gasteiger partial charge in [-0.05, 0) is 12.8 Å². The Morgan fingerprint density at radius 3 is 2.22 bits per heavy atom. The van der Waals surface area contributed by atoms with Crippen molar-refractivity contribution in [2.75, 3.05) is 11.6 Å². The van der Waals surface area contributed by atoms with Crippen molar-refractivity contribution in [3.8, 4) is 0 Å². The Morgan fingerprint density at radius 2 is 1.89 bits per heavy atom. The first-order valence-corrected chi connectivity index (χ1v) is 6.57. The zero-order valence-corrected chi connectivity index (χ0v) is 7.97. The van der Waals surface area contributed by atoms with Gasteiger partial charge in [0.25, 0.3) is 0 Å². The van der Waals surface area contributed by atoms with E-state index < -0.39 is 8.27 Å². The molecule has 0 saturated heterocycles. The largest absolute Gasteiger partial charge is 0.217 e. The third kappa shape index (κ3) is 8.72. The summed E-state index contributed by atoms with van der Waals surface area (Å²) in [4.78, 5) is 0. The lowest BCUT2D eigenvalue weighted by Gasteiger charge is -1.91. The zero-order valence-electron chi connectivity index (χ0n) is 4.81. The molecular formula is C4H8BrClO2S.